The number of para-hydroxylation sites is 1. The van der Waals surface area contributed by atoms with Crippen LogP contribution in [0.3, 0.4) is 0 Å². The number of halogens is 3. The molecule has 0 bridgehead atoms. The van der Waals surface area contributed by atoms with Gasteiger partial charge in [-0.15, -0.1) is 0 Å². The Bertz CT molecular complexity index is 580. The second kappa shape index (κ2) is 5.75. The highest BCUT2D eigenvalue weighted by Crippen LogP contribution is 2.35. The smallest absolute Gasteiger partial charge is 0.240 e. The Morgan fingerprint density at radius 2 is 1.94 bits per heavy atom. The largest absolute Gasteiger partial charge is 0.436 e. The number of rotatable bonds is 3. The second-order valence-corrected chi connectivity index (χ2v) is 4.95. The highest BCUT2D eigenvalue weighted by atomic mass is 79.9. The number of anilines is 1. The Hall–Kier alpha value is -1.01. The number of aromatic nitrogens is 1. The Morgan fingerprint density at radius 3 is 2.61 bits per heavy atom. The van der Waals surface area contributed by atoms with Crippen LogP contribution in [0.1, 0.15) is 0 Å². The quantitative estimate of drug-likeness (QED) is 0.643. The fourth-order valence-corrected chi connectivity index (χ4v) is 2.07. The van der Waals surface area contributed by atoms with Crippen molar-refractivity contribution in [1.82, 2.24) is 4.98 Å². The van der Waals surface area contributed by atoms with Crippen molar-refractivity contribution in [3.8, 4) is 11.6 Å². The van der Waals surface area contributed by atoms with Gasteiger partial charge in [0.05, 0.1) is 9.50 Å². The van der Waals surface area contributed by atoms with E-state index in [1.807, 2.05) is 18.2 Å². The van der Waals surface area contributed by atoms with E-state index in [2.05, 4.69) is 26.3 Å². The van der Waals surface area contributed by atoms with Crippen LogP contribution in [0, 0.1) is 0 Å². The first-order valence-electron chi connectivity index (χ1n) is 4.87. The summed E-state index contributed by atoms with van der Waals surface area (Å²) >= 11 is 15.3. The molecule has 0 atom stereocenters. The van der Waals surface area contributed by atoms with Crippen molar-refractivity contribution in [1.29, 1.82) is 0 Å². The van der Waals surface area contributed by atoms with Crippen LogP contribution in [0.2, 0.25) is 10.0 Å². The molecule has 3 N–H and O–H groups in total. The predicted molar refractivity (Wildman–Crippen MR) is 76.3 cm³/mol. The van der Waals surface area contributed by atoms with Crippen molar-refractivity contribution in [2.45, 2.75) is 0 Å². The second-order valence-electron chi connectivity index (χ2n) is 3.28. The molecule has 0 unspecified atom stereocenters. The molecular weight excluding hydrogens is 341 g/mol. The summed E-state index contributed by atoms with van der Waals surface area (Å²) in [6.45, 7) is 0. The minimum Gasteiger partial charge on any atom is -0.436 e. The van der Waals surface area contributed by atoms with E-state index >= 15 is 0 Å². The lowest BCUT2D eigenvalue weighted by atomic mass is 10.3. The van der Waals surface area contributed by atoms with Crippen LogP contribution in [0.4, 0.5) is 5.82 Å². The number of pyridine rings is 1. The van der Waals surface area contributed by atoms with Gasteiger partial charge >= 0.3 is 0 Å². The summed E-state index contributed by atoms with van der Waals surface area (Å²) < 4.78 is 6.39. The van der Waals surface area contributed by atoms with Crippen LogP contribution in [-0.4, -0.2) is 4.98 Å². The number of nitrogens with zero attached hydrogens (tertiary/aromatic N) is 1. The topological polar surface area (TPSA) is 60.2 Å². The zero-order chi connectivity index (χ0) is 13.1. The summed E-state index contributed by atoms with van der Waals surface area (Å²) in [5.74, 6) is 6.40. The molecule has 94 valence electrons. The summed E-state index contributed by atoms with van der Waals surface area (Å²) in [5.41, 5.74) is 2.37. The van der Waals surface area contributed by atoms with E-state index in [9.17, 15) is 0 Å². The number of nitrogen functional groups attached to an aromatic ring is 1. The lowest BCUT2D eigenvalue weighted by Gasteiger charge is -2.10. The van der Waals surface area contributed by atoms with Crippen LogP contribution in [0.25, 0.3) is 0 Å². The van der Waals surface area contributed by atoms with Crippen LogP contribution in [0.5, 0.6) is 11.6 Å². The average molecular weight is 349 g/mol. The summed E-state index contributed by atoms with van der Waals surface area (Å²) in [4.78, 5) is 4.08. The molecule has 18 heavy (non-hydrogen) atoms. The highest BCUT2D eigenvalue weighted by molar-refractivity contribution is 9.10. The third-order valence-corrected chi connectivity index (χ3v) is 3.29. The molecule has 2 rings (SSSR count). The maximum atomic E-state index is 6.00. The van der Waals surface area contributed by atoms with Crippen molar-refractivity contribution in [2.75, 3.05) is 5.43 Å². The maximum absolute atomic E-state index is 6.00. The van der Waals surface area contributed by atoms with E-state index < -0.39 is 0 Å². The van der Waals surface area contributed by atoms with Gasteiger partial charge in [0.1, 0.15) is 10.8 Å². The Labute approximate surface area is 122 Å². The number of ether oxygens (including phenoxy) is 1. The molecule has 0 amide bonds. The van der Waals surface area contributed by atoms with Crippen LogP contribution in [0.15, 0.2) is 34.8 Å². The molecular formula is C11H8BrCl2N3O. The zero-order valence-electron chi connectivity index (χ0n) is 8.95. The van der Waals surface area contributed by atoms with Gasteiger partial charge in [0.15, 0.2) is 5.82 Å². The summed E-state index contributed by atoms with van der Waals surface area (Å²) in [5, 5.41) is 0.622. The van der Waals surface area contributed by atoms with Gasteiger partial charge < -0.3 is 10.2 Å². The Morgan fingerprint density at radius 1 is 1.22 bits per heavy atom. The van der Waals surface area contributed by atoms with E-state index in [1.165, 1.54) is 6.07 Å². The fourth-order valence-electron chi connectivity index (χ4n) is 1.25. The standard InChI is InChI=1S/C11H8BrCl2N3O/c12-6-3-1-2-4-9(6)18-11-8(14)5-7(13)10(16-11)17-15/h1-5H,15H2,(H,16,17). The first-order chi connectivity index (χ1) is 8.61. The van der Waals surface area contributed by atoms with Crippen molar-refractivity contribution in [2.24, 2.45) is 5.84 Å². The monoisotopic (exact) mass is 347 g/mol. The predicted octanol–water partition coefficient (Wildman–Crippen LogP) is 4.23. The zero-order valence-corrected chi connectivity index (χ0v) is 12.1. The fraction of sp³-hybridized carbons (Fsp3) is 0. The molecule has 7 heteroatoms. The molecule has 0 radical (unpaired) electrons. The van der Waals surface area contributed by atoms with Gasteiger partial charge in [-0.25, -0.2) is 5.84 Å². The minimum absolute atomic E-state index is 0.223. The Balaban J connectivity index is 2.38. The first kappa shape index (κ1) is 13.4. The molecule has 1 aromatic heterocycles. The lowest BCUT2D eigenvalue weighted by molar-refractivity contribution is 0.461. The molecule has 0 aliphatic heterocycles. The number of nitrogens with one attached hydrogen (secondary N) is 1. The van der Waals surface area contributed by atoms with E-state index in [1.54, 1.807) is 6.07 Å². The molecule has 0 saturated heterocycles. The minimum atomic E-state index is 0.223. The number of hydrogen-bond acceptors (Lipinski definition) is 4. The molecule has 1 aromatic carbocycles. The van der Waals surface area contributed by atoms with Gasteiger partial charge in [-0.05, 0) is 34.1 Å². The van der Waals surface area contributed by atoms with Gasteiger partial charge in [-0.1, -0.05) is 35.3 Å². The highest BCUT2D eigenvalue weighted by Gasteiger charge is 2.11. The number of hydrogen-bond donors (Lipinski definition) is 2. The average Bonchev–Trinajstić information content (AvgIpc) is 2.35. The normalized spacial score (nSPS) is 10.2. The van der Waals surface area contributed by atoms with E-state index in [0.717, 1.165) is 4.47 Å². The van der Waals surface area contributed by atoms with Crippen LogP contribution >= 0.6 is 39.1 Å². The number of hydrazine groups is 1. The van der Waals surface area contributed by atoms with Crippen molar-refractivity contribution in [3.05, 3.63) is 44.8 Å². The summed E-state index contributed by atoms with van der Waals surface area (Å²) in [7, 11) is 0. The molecule has 0 aliphatic carbocycles. The lowest BCUT2D eigenvalue weighted by Crippen LogP contribution is -2.09. The van der Waals surface area contributed by atoms with Crippen LogP contribution < -0.4 is 16.0 Å². The van der Waals surface area contributed by atoms with E-state index in [-0.39, 0.29) is 5.88 Å². The van der Waals surface area contributed by atoms with E-state index in [0.29, 0.717) is 21.6 Å². The van der Waals surface area contributed by atoms with Gasteiger partial charge in [-0.2, -0.15) is 4.98 Å². The molecule has 0 spiro atoms. The number of benzene rings is 1. The number of nitrogens with two attached hydrogens (primary N) is 1. The molecule has 0 aliphatic rings. The summed E-state index contributed by atoms with van der Waals surface area (Å²) in [6.07, 6.45) is 0. The molecule has 1 heterocycles. The Kier molecular flexibility index (Phi) is 4.29. The molecule has 2 aromatic rings. The van der Waals surface area contributed by atoms with Gasteiger partial charge in [0.25, 0.3) is 0 Å². The van der Waals surface area contributed by atoms with Crippen molar-refractivity contribution < 1.29 is 4.74 Å². The van der Waals surface area contributed by atoms with Gasteiger partial charge in [-0.3, -0.25) is 0 Å². The molecule has 4 nitrogen and oxygen atoms in total. The SMILES string of the molecule is NNc1nc(Oc2ccccc2Br)c(Cl)cc1Cl. The third-order valence-electron chi connectivity index (χ3n) is 2.08. The molecule has 0 fully saturated rings. The van der Waals surface area contributed by atoms with Gasteiger partial charge in [0, 0.05) is 0 Å². The van der Waals surface area contributed by atoms with E-state index in [4.69, 9.17) is 33.8 Å². The van der Waals surface area contributed by atoms with Gasteiger partial charge in [0.2, 0.25) is 5.88 Å². The summed E-state index contributed by atoms with van der Waals surface area (Å²) in [6, 6.07) is 8.86. The van der Waals surface area contributed by atoms with Crippen molar-refractivity contribution in [3.63, 3.8) is 0 Å². The van der Waals surface area contributed by atoms with Crippen LogP contribution in [-0.2, 0) is 0 Å². The third kappa shape index (κ3) is 2.87. The molecule has 0 saturated carbocycles. The van der Waals surface area contributed by atoms with Crippen molar-refractivity contribution >= 4 is 44.9 Å². The maximum Gasteiger partial charge on any atom is 0.240 e. The first-order valence-corrected chi connectivity index (χ1v) is 6.41.